The summed E-state index contributed by atoms with van der Waals surface area (Å²) >= 11 is 6.96. The first-order valence-electron chi connectivity index (χ1n) is 6.15. The van der Waals surface area contributed by atoms with Crippen molar-refractivity contribution in [2.45, 2.75) is 32.3 Å². The van der Waals surface area contributed by atoms with Gasteiger partial charge in [0.05, 0.1) is 13.1 Å². The molecule has 1 saturated heterocycles. The molecule has 0 amide bonds. The van der Waals surface area contributed by atoms with Gasteiger partial charge in [0.15, 0.2) is 10.2 Å². The maximum atomic E-state index is 12.0. The van der Waals surface area contributed by atoms with Crippen LogP contribution in [-0.2, 0) is 4.74 Å². The van der Waals surface area contributed by atoms with Gasteiger partial charge in [-0.25, -0.2) is 9.78 Å². The van der Waals surface area contributed by atoms with E-state index in [0.717, 1.165) is 25.9 Å². The van der Waals surface area contributed by atoms with Crippen molar-refractivity contribution in [3.05, 3.63) is 15.5 Å². The summed E-state index contributed by atoms with van der Waals surface area (Å²) in [6.45, 7) is 6.17. The summed E-state index contributed by atoms with van der Waals surface area (Å²) in [5.41, 5.74) is -0.137. The minimum atomic E-state index is -0.443. The number of carbonyl (C=O) groups is 1. The number of esters is 1. The Balaban J connectivity index is 2.00. The van der Waals surface area contributed by atoms with Crippen LogP contribution in [0.25, 0.3) is 0 Å². The van der Waals surface area contributed by atoms with Crippen molar-refractivity contribution in [3.8, 4) is 0 Å². The molecule has 4 nitrogen and oxygen atoms in total. The lowest BCUT2D eigenvalue weighted by molar-refractivity contribution is -0.665. The number of rotatable bonds is 3. The summed E-state index contributed by atoms with van der Waals surface area (Å²) in [4.78, 5) is 15.9. The standard InChI is InChI=1S/C12H17ClN2O2S/c1-12(2,8-3-5-14-6-4-8)17-10(16)9-7-18-11(13)15-9/h7-8,14H,3-6H2,1-2H3/p+1. The van der Waals surface area contributed by atoms with Crippen molar-refractivity contribution < 1.29 is 14.8 Å². The van der Waals surface area contributed by atoms with E-state index in [1.165, 1.54) is 11.3 Å². The van der Waals surface area contributed by atoms with Crippen LogP contribution in [0, 0.1) is 5.92 Å². The molecule has 0 atom stereocenters. The highest BCUT2D eigenvalue weighted by Crippen LogP contribution is 2.29. The topological polar surface area (TPSA) is 55.8 Å². The van der Waals surface area contributed by atoms with Gasteiger partial charge in [-0.3, -0.25) is 0 Å². The van der Waals surface area contributed by atoms with Gasteiger partial charge in [-0.1, -0.05) is 11.6 Å². The maximum absolute atomic E-state index is 12.0. The van der Waals surface area contributed by atoms with E-state index >= 15 is 0 Å². The number of hydrogen-bond donors (Lipinski definition) is 1. The molecule has 2 heterocycles. The zero-order valence-corrected chi connectivity index (χ0v) is 12.2. The molecule has 2 N–H and O–H groups in total. The first-order chi connectivity index (χ1) is 8.49. The lowest BCUT2D eigenvalue weighted by Gasteiger charge is -2.35. The minimum absolute atomic E-state index is 0.306. The Bertz CT molecular complexity index is 427. The molecule has 0 bridgehead atoms. The van der Waals surface area contributed by atoms with Crippen LogP contribution in [0.2, 0.25) is 4.47 Å². The van der Waals surface area contributed by atoms with Gasteiger partial charge in [-0.05, 0) is 13.8 Å². The fourth-order valence-corrected chi connectivity index (χ4v) is 3.08. The molecule has 0 radical (unpaired) electrons. The SMILES string of the molecule is CC(C)(OC(=O)c1csc(Cl)n1)C1CC[NH2+]CC1. The van der Waals surface area contributed by atoms with Crippen LogP contribution in [0.3, 0.4) is 0 Å². The summed E-state index contributed by atoms with van der Waals surface area (Å²) in [7, 11) is 0. The van der Waals surface area contributed by atoms with Crippen LogP contribution in [0.1, 0.15) is 37.2 Å². The van der Waals surface area contributed by atoms with Crippen molar-refractivity contribution in [2.24, 2.45) is 5.92 Å². The number of thiazole rings is 1. The van der Waals surface area contributed by atoms with Crippen molar-refractivity contribution in [2.75, 3.05) is 13.1 Å². The molecule has 18 heavy (non-hydrogen) atoms. The van der Waals surface area contributed by atoms with E-state index in [1.807, 2.05) is 13.8 Å². The molecule has 1 aliphatic rings. The van der Waals surface area contributed by atoms with E-state index in [2.05, 4.69) is 10.3 Å². The lowest BCUT2D eigenvalue weighted by Crippen LogP contribution is -2.86. The van der Waals surface area contributed by atoms with Gasteiger partial charge in [-0.2, -0.15) is 0 Å². The first kappa shape index (κ1) is 13.8. The zero-order valence-electron chi connectivity index (χ0n) is 10.6. The van der Waals surface area contributed by atoms with Crippen LogP contribution in [0.4, 0.5) is 0 Å². The molecule has 1 fully saturated rings. The molecule has 6 heteroatoms. The smallest absolute Gasteiger partial charge is 0.358 e. The quantitative estimate of drug-likeness (QED) is 0.862. The number of aromatic nitrogens is 1. The van der Waals surface area contributed by atoms with E-state index in [0.29, 0.717) is 16.1 Å². The Morgan fingerprint density at radius 1 is 1.56 bits per heavy atom. The van der Waals surface area contributed by atoms with Gasteiger partial charge in [-0.15, -0.1) is 11.3 Å². The molecule has 0 unspecified atom stereocenters. The fourth-order valence-electron chi connectivity index (χ4n) is 2.34. The van der Waals surface area contributed by atoms with E-state index in [-0.39, 0.29) is 5.97 Å². The van der Waals surface area contributed by atoms with Crippen molar-refractivity contribution in [3.63, 3.8) is 0 Å². The second-order valence-electron chi connectivity index (χ2n) is 5.12. The number of nitrogens with two attached hydrogens (primary N) is 1. The van der Waals surface area contributed by atoms with Crippen LogP contribution < -0.4 is 5.32 Å². The molecule has 0 aromatic carbocycles. The van der Waals surface area contributed by atoms with E-state index in [4.69, 9.17) is 16.3 Å². The van der Waals surface area contributed by atoms with Crippen molar-refractivity contribution in [1.29, 1.82) is 0 Å². The van der Waals surface area contributed by atoms with Crippen LogP contribution in [0.15, 0.2) is 5.38 Å². The molecular formula is C12H18ClN2O2S+. The second-order valence-corrected chi connectivity index (χ2v) is 6.56. The Morgan fingerprint density at radius 3 is 2.78 bits per heavy atom. The second kappa shape index (κ2) is 5.55. The largest absolute Gasteiger partial charge is 0.455 e. The molecule has 100 valence electrons. The average molecular weight is 290 g/mol. The summed E-state index contributed by atoms with van der Waals surface area (Å²) in [6, 6.07) is 0. The number of ether oxygens (including phenoxy) is 1. The van der Waals surface area contributed by atoms with Gasteiger partial charge in [0, 0.05) is 24.1 Å². The van der Waals surface area contributed by atoms with E-state index < -0.39 is 5.60 Å². The molecule has 0 saturated carbocycles. The predicted octanol–water partition coefficient (Wildman–Crippen LogP) is 1.71. The van der Waals surface area contributed by atoms with E-state index in [1.54, 1.807) is 5.38 Å². The normalized spacial score (nSPS) is 17.7. The maximum Gasteiger partial charge on any atom is 0.358 e. The number of halogens is 1. The van der Waals surface area contributed by atoms with Crippen LogP contribution >= 0.6 is 22.9 Å². The molecule has 1 aromatic rings. The van der Waals surface area contributed by atoms with Crippen molar-refractivity contribution in [1.82, 2.24) is 4.98 Å². The van der Waals surface area contributed by atoms with Crippen LogP contribution in [-0.4, -0.2) is 29.6 Å². The third-order valence-corrected chi connectivity index (χ3v) is 4.44. The summed E-state index contributed by atoms with van der Waals surface area (Å²) in [5.74, 6) is 0.0401. The molecule has 1 aromatic heterocycles. The molecular weight excluding hydrogens is 272 g/mol. The Kier molecular flexibility index (Phi) is 4.25. The number of quaternary nitrogens is 1. The Morgan fingerprint density at radius 2 is 2.22 bits per heavy atom. The number of nitrogens with zero attached hydrogens (tertiary/aromatic N) is 1. The number of hydrogen-bond acceptors (Lipinski definition) is 4. The summed E-state index contributed by atoms with van der Waals surface area (Å²) in [5, 5.41) is 3.93. The summed E-state index contributed by atoms with van der Waals surface area (Å²) < 4.78 is 5.98. The Labute approximate surface area is 116 Å². The highest BCUT2D eigenvalue weighted by molar-refractivity contribution is 7.14. The lowest BCUT2D eigenvalue weighted by atomic mass is 9.83. The average Bonchev–Trinajstić information content (AvgIpc) is 2.77. The third kappa shape index (κ3) is 3.22. The molecule has 1 aliphatic heterocycles. The van der Waals surface area contributed by atoms with Crippen LogP contribution in [0.5, 0.6) is 0 Å². The third-order valence-electron chi connectivity index (χ3n) is 3.46. The van der Waals surface area contributed by atoms with Gasteiger partial charge in [0.1, 0.15) is 5.60 Å². The van der Waals surface area contributed by atoms with E-state index in [9.17, 15) is 4.79 Å². The minimum Gasteiger partial charge on any atom is -0.455 e. The van der Waals surface area contributed by atoms with Crippen molar-refractivity contribution >= 4 is 28.9 Å². The highest BCUT2D eigenvalue weighted by Gasteiger charge is 2.35. The first-order valence-corrected chi connectivity index (χ1v) is 7.41. The zero-order chi connectivity index (χ0) is 13.2. The molecule has 0 spiro atoms. The number of carbonyl (C=O) groups excluding carboxylic acids is 1. The van der Waals surface area contributed by atoms with Gasteiger partial charge in [0.2, 0.25) is 0 Å². The Hall–Kier alpha value is -0.650. The fraction of sp³-hybridized carbons (Fsp3) is 0.667. The molecule has 0 aliphatic carbocycles. The monoisotopic (exact) mass is 289 g/mol. The van der Waals surface area contributed by atoms with Gasteiger partial charge < -0.3 is 10.1 Å². The van der Waals surface area contributed by atoms with Gasteiger partial charge >= 0.3 is 5.97 Å². The highest BCUT2D eigenvalue weighted by atomic mass is 35.5. The van der Waals surface area contributed by atoms with Gasteiger partial charge in [0.25, 0.3) is 0 Å². The molecule has 2 rings (SSSR count). The predicted molar refractivity (Wildman–Crippen MR) is 71.0 cm³/mol. The number of piperidine rings is 1. The summed E-state index contributed by atoms with van der Waals surface area (Å²) in [6.07, 6.45) is 2.16.